The van der Waals surface area contributed by atoms with Crippen LogP contribution in [0.4, 0.5) is 0 Å². The van der Waals surface area contributed by atoms with E-state index in [1.54, 1.807) is 17.1 Å². The topological polar surface area (TPSA) is 68.5 Å². The molecule has 0 amide bonds. The zero-order chi connectivity index (χ0) is 9.97. The van der Waals surface area contributed by atoms with Gasteiger partial charge in [-0.3, -0.25) is 4.68 Å². The smallest absolute Gasteiger partial charge is 0.0888 e. The molecule has 2 rings (SSSR count). The molecule has 1 atom stereocenters. The van der Waals surface area contributed by atoms with Crippen molar-refractivity contribution < 1.29 is 0 Å². The number of rotatable bonds is 3. The Kier molecular flexibility index (Phi) is 2.51. The lowest BCUT2D eigenvalue weighted by Gasteiger charge is -2.12. The molecule has 14 heavy (non-hydrogen) atoms. The largest absolute Gasteiger partial charge is 0.307 e. The number of aryl methyl sites for hydroxylation is 1. The Morgan fingerprint density at radius 1 is 1.43 bits per heavy atom. The molecule has 0 aliphatic heterocycles. The van der Waals surface area contributed by atoms with Crippen LogP contribution in [0, 0.1) is 0 Å². The molecule has 6 nitrogen and oxygen atoms in total. The highest BCUT2D eigenvalue weighted by Crippen LogP contribution is 2.21. The maximum atomic E-state index is 3.89. The molecule has 0 aliphatic rings. The molecule has 7 heteroatoms. The summed E-state index contributed by atoms with van der Waals surface area (Å²) >= 11 is 1.37. The molecule has 0 aliphatic carbocycles. The van der Waals surface area contributed by atoms with Gasteiger partial charge in [0.1, 0.15) is 0 Å². The van der Waals surface area contributed by atoms with E-state index in [0.29, 0.717) is 0 Å². The molecule has 0 bridgehead atoms. The first-order valence-corrected chi connectivity index (χ1v) is 4.89. The molecule has 0 radical (unpaired) electrons. The highest BCUT2D eigenvalue weighted by molar-refractivity contribution is 7.05. The van der Waals surface area contributed by atoms with Gasteiger partial charge in [0, 0.05) is 7.05 Å². The van der Waals surface area contributed by atoms with Gasteiger partial charge in [-0.15, -0.1) is 10.2 Å². The second kappa shape index (κ2) is 3.81. The monoisotopic (exact) mass is 210 g/mol. The zero-order valence-electron chi connectivity index (χ0n) is 7.88. The normalized spacial score (nSPS) is 13.0. The van der Waals surface area contributed by atoms with Gasteiger partial charge in [-0.2, -0.15) is 0 Å². The van der Waals surface area contributed by atoms with Gasteiger partial charge in [-0.25, -0.2) is 0 Å². The van der Waals surface area contributed by atoms with E-state index in [4.69, 9.17) is 0 Å². The highest BCUT2D eigenvalue weighted by Gasteiger charge is 2.17. The second-order valence-electron chi connectivity index (χ2n) is 2.82. The van der Waals surface area contributed by atoms with Crippen molar-refractivity contribution in [2.75, 3.05) is 7.05 Å². The van der Waals surface area contributed by atoms with Gasteiger partial charge in [-0.1, -0.05) is 9.70 Å². The Labute approximate surface area is 85.1 Å². The van der Waals surface area contributed by atoms with E-state index in [1.807, 2.05) is 14.1 Å². The molecular formula is C7H10N6S. The summed E-state index contributed by atoms with van der Waals surface area (Å²) in [6.07, 6.45) is 3.49. The molecule has 2 heterocycles. The van der Waals surface area contributed by atoms with Crippen molar-refractivity contribution in [2.24, 2.45) is 7.05 Å². The summed E-state index contributed by atoms with van der Waals surface area (Å²) < 4.78 is 5.57. The van der Waals surface area contributed by atoms with Crippen LogP contribution in [0.2, 0.25) is 0 Å². The van der Waals surface area contributed by atoms with Crippen molar-refractivity contribution in [1.29, 1.82) is 0 Å². The summed E-state index contributed by atoms with van der Waals surface area (Å²) in [5, 5.41) is 14.7. The van der Waals surface area contributed by atoms with Crippen LogP contribution in [0.15, 0.2) is 12.4 Å². The van der Waals surface area contributed by atoms with Crippen molar-refractivity contribution >= 4 is 11.5 Å². The first-order valence-electron chi connectivity index (χ1n) is 4.12. The first-order chi connectivity index (χ1) is 6.83. The maximum Gasteiger partial charge on any atom is 0.0888 e. The molecule has 2 aromatic heterocycles. The second-order valence-corrected chi connectivity index (χ2v) is 3.64. The number of aromatic nitrogens is 5. The molecular weight excluding hydrogens is 200 g/mol. The Morgan fingerprint density at radius 3 is 2.79 bits per heavy atom. The Hall–Kier alpha value is -1.34. The fraction of sp³-hybridized carbons (Fsp3) is 0.429. The fourth-order valence-electron chi connectivity index (χ4n) is 1.30. The SMILES string of the molecule is CNC(c1cnns1)c1cnnn1C. The molecule has 1 N–H and O–H groups in total. The van der Waals surface area contributed by atoms with E-state index in [0.717, 1.165) is 10.6 Å². The van der Waals surface area contributed by atoms with E-state index in [-0.39, 0.29) is 6.04 Å². The average molecular weight is 210 g/mol. The lowest BCUT2D eigenvalue weighted by Crippen LogP contribution is -2.19. The van der Waals surface area contributed by atoms with Gasteiger partial charge in [0.15, 0.2) is 0 Å². The van der Waals surface area contributed by atoms with Crippen LogP contribution < -0.4 is 5.32 Å². The number of hydrogen-bond acceptors (Lipinski definition) is 6. The van der Waals surface area contributed by atoms with Crippen molar-refractivity contribution in [3.8, 4) is 0 Å². The van der Waals surface area contributed by atoms with Crippen molar-refractivity contribution in [2.45, 2.75) is 6.04 Å². The van der Waals surface area contributed by atoms with Crippen molar-refractivity contribution in [3.63, 3.8) is 0 Å². The van der Waals surface area contributed by atoms with Gasteiger partial charge in [0.25, 0.3) is 0 Å². The molecule has 0 aromatic carbocycles. The summed E-state index contributed by atoms with van der Waals surface area (Å²) in [5.74, 6) is 0. The van der Waals surface area contributed by atoms with E-state index in [2.05, 4.69) is 25.2 Å². The minimum absolute atomic E-state index is 0.0648. The summed E-state index contributed by atoms with van der Waals surface area (Å²) in [4.78, 5) is 1.05. The quantitative estimate of drug-likeness (QED) is 0.770. The summed E-state index contributed by atoms with van der Waals surface area (Å²) in [7, 11) is 3.75. The van der Waals surface area contributed by atoms with E-state index in [1.165, 1.54) is 11.5 Å². The van der Waals surface area contributed by atoms with Gasteiger partial charge in [0.2, 0.25) is 0 Å². The van der Waals surface area contributed by atoms with Crippen LogP contribution in [-0.4, -0.2) is 31.6 Å². The van der Waals surface area contributed by atoms with Crippen LogP contribution in [0.5, 0.6) is 0 Å². The summed E-state index contributed by atoms with van der Waals surface area (Å²) in [5.41, 5.74) is 0.999. The summed E-state index contributed by atoms with van der Waals surface area (Å²) in [6, 6.07) is 0.0648. The maximum absolute atomic E-state index is 3.89. The van der Waals surface area contributed by atoms with Crippen LogP contribution in [0.1, 0.15) is 16.6 Å². The van der Waals surface area contributed by atoms with Gasteiger partial charge in [0.05, 0.1) is 29.0 Å². The third-order valence-corrected chi connectivity index (χ3v) is 2.72. The fourth-order valence-corrected chi connectivity index (χ4v) is 1.92. The van der Waals surface area contributed by atoms with Crippen molar-refractivity contribution in [3.05, 3.63) is 23.0 Å². The molecule has 0 saturated carbocycles. The lowest BCUT2D eigenvalue weighted by atomic mass is 10.2. The summed E-state index contributed by atoms with van der Waals surface area (Å²) in [6.45, 7) is 0. The molecule has 0 spiro atoms. The Balaban J connectivity index is 2.36. The molecule has 0 fully saturated rings. The zero-order valence-corrected chi connectivity index (χ0v) is 8.69. The predicted octanol–water partition coefficient (Wildman–Crippen LogP) is -0.0246. The first kappa shape index (κ1) is 9.22. The van der Waals surface area contributed by atoms with Crippen LogP contribution >= 0.6 is 11.5 Å². The van der Waals surface area contributed by atoms with Gasteiger partial charge >= 0.3 is 0 Å². The Morgan fingerprint density at radius 2 is 2.29 bits per heavy atom. The third-order valence-electron chi connectivity index (χ3n) is 2.00. The molecule has 0 saturated heterocycles. The van der Waals surface area contributed by atoms with Gasteiger partial charge < -0.3 is 5.32 Å². The van der Waals surface area contributed by atoms with Crippen molar-refractivity contribution in [1.82, 2.24) is 29.9 Å². The highest BCUT2D eigenvalue weighted by atomic mass is 32.1. The molecule has 2 aromatic rings. The molecule has 74 valence electrons. The minimum atomic E-state index is 0.0648. The van der Waals surface area contributed by atoms with E-state index < -0.39 is 0 Å². The van der Waals surface area contributed by atoms with E-state index in [9.17, 15) is 0 Å². The standard InChI is InChI=1S/C7H10N6S/c1-8-7(6-4-10-12-14-6)5-3-9-11-13(5)2/h3-4,7-8H,1-2H3. The predicted molar refractivity (Wildman–Crippen MR) is 51.8 cm³/mol. The van der Waals surface area contributed by atoms with Crippen LogP contribution in [-0.2, 0) is 7.05 Å². The lowest BCUT2D eigenvalue weighted by molar-refractivity contribution is 0.603. The third kappa shape index (κ3) is 1.51. The minimum Gasteiger partial charge on any atom is -0.307 e. The number of nitrogens with zero attached hydrogens (tertiary/aromatic N) is 5. The molecule has 1 unspecified atom stereocenters. The number of nitrogens with one attached hydrogen (secondary N) is 1. The van der Waals surface area contributed by atoms with Crippen LogP contribution in [0.25, 0.3) is 0 Å². The average Bonchev–Trinajstić information content (AvgIpc) is 2.80. The van der Waals surface area contributed by atoms with Crippen LogP contribution in [0.3, 0.4) is 0 Å². The number of hydrogen-bond donors (Lipinski definition) is 1. The van der Waals surface area contributed by atoms with E-state index >= 15 is 0 Å². The van der Waals surface area contributed by atoms with Gasteiger partial charge in [-0.05, 0) is 18.6 Å². The Bertz CT molecular complexity index is 394.